The predicted molar refractivity (Wildman–Crippen MR) is 75.6 cm³/mol. The van der Waals surface area contributed by atoms with Crippen molar-refractivity contribution in [3.63, 3.8) is 0 Å². The largest absolute Gasteiger partial charge is 0.480 e. The normalized spacial score (nSPS) is 22.2. The zero-order chi connectivity index (χ0) is 14.7. The van der Waals surface area contributed by atoms with Gasteiger partial charge in [0.05, 0.1) is 13.2 Å². The Labute approximate surface area is 123 Å². The molecule has 2 unspecified atom stereocenters. The number of hydrogen-bond donors (Lipinski definition) is 1. The van der Waals surface area contributed by atoms with Gasteiger partial charge in [-0.05, 0) is 31.4 Å². The summed E-state index contributed by atoms with van der Waals surface area (Å²) in [5.41, 5.74) is 0.577. The molecule has 1 aliphatic heterocycles. The fourth-order valence-corrected chi connectivity index (χ4v) is 2.58. The molecule has 0 bridgehead atoms. The van der Waals surface area contributed by atoms with E-state index in [2.05, 4.69) is 32.6 Å². The van der Waals surface area contributed by atoms with Gasteiger partial charge in [0.25, 0.3) is 0 Å². The third-order valence-electron chi connectivity index (χ3n) is 3.91. The molecule has 21 heavy (non-hydrogen) atoms. The minimum atomic E-state index is 0.135. The van der Waals surface area contributed by atoms with E-state index < -0.39 is 0 Å². The van der Waals surface area contributed by atoms with Crippen molar-refractivity contribution in [2.45, 2.75) is 32.2 Å². The Hall–Kier alpha value is -2.02. The first kappa shape index (κ1) is 13.9. The number of nitrogens with one attached hydrogen (secondary N) is 1. The molecule has 0 radical (unpaired) electrons. The van der Waals surface area contributed by atoms with Crippen molar-refractivity contribution in [2.75, 3.05) is 13.7 Å². The molecule has 7 nitrogen and oxygen atoms in total. The van der Waals surface area contributed by atoms with Crippen LogP contribution in [0.4, 0.5) is 0 Å². The molecule has 2 aromatic rings. The highest BCUT2D eigenvalue weighted by Crippen LogP contribution is 2.29. The molecule has 1 aliphatic rings. The fraction of sp³-hybridized carbons (Fsp3) is 0.571. The number of methoxy groups -OCH3 is 1. The fourth-order valence-electron chi connectivity index (χ4n) is 2.58. The summed E-state index contributed by atoms with van der Waals surface area (Å²) in [5.74, 6) is 2.26. The van der Waals surface area contributed by atoms with Crippen LogP contribution in [-0.2, 0) is 0 Å². The Balaban J connectivity index is 1.76. The van der Waals surface area contributed by atoms with Gasteiger partial charge in [0.2, 0.25) is 17.6 Å². The van der Waals surface area contributed by atoms with Gasteiger partial charge < -0.3 is 14.6 Å². The van der Waals surface area contributed by atoms with E-state index in [9.17, 15) is 0 Å². The van der Waals surface area contributed by atoms with E-state index in [0.29, 0.717) is 29.2 Å². The summed E-state index contributed by atoms with van der Waals surface area (Å²) < 4.78 is 10.4. The Kier molecular flexibility index (Phi) is 4.10. The Morgan fingerprint density at radius 1 is 1.38 bits per heavy atom. The Bertz CT molecular complexity index is 583. The molecule has 3 heterocycles. The van der Waals surface area contributed by atoms with Gasteiger partial charge >= 0.3 is 0 Å². The monoisotopic (exact) mass is 289 g/mol. The summed E-state index contributed by atoms with van der Waals surface area (Å²) in [4.78, 5) is 4.44. The van der Waals surface area contributed by atoms with Gasteiger partial charge in [-0.3, -0.25) is 0 Å². The molecule has 1 fully saturated rings. The summed E-state index contributed by atoms with van der Waals surface area (Å²) in [6.45, 7) is 3.21. The Morgan fingerprint density at radius 3 is 3.00 bits per heavy atom. The van der Waals surface area contributed by atoms with Gasteiger partial charge in [-0.25, -0.2) is 0 Å². The molecule has 112 valence electrons. The summed E-state index contributed by atoms with van der Waals surface area (Å²) in [6, 6.07) is 3.63. The first-order valence-corrected chi connectivity index (χ1v) is 7.25. The van der Waals surface area contributed by atoms with Crippen LogP contribution in [0.3, 0.4) is 0 Å². The topological polar surface area (TPSA) is 86.0 Å². The second-order valence-corrected chi connectivity index (χ2v) is 5.22. The molecule has 1 N–H and O–H groups in total. The van der Waals surface area contributed by atoms with E-state index in [0.717, 1.165) is 13.0 Å². The van der Waals surface area contributed by atoms with Crippen LogP contribution in [0.1, 0.15) is 38.1 Å². The number of piperidine rings is 1. The highest BCUT2D eigenvalue weighted by molar-refractivity contribution is 5.47. The Morgan fingerprint density at radius 2 is 2.29 bits per heavy atom. The van der Waals surface area contributed by atoms with E-state index in [1.807, 2.05) is 0 Å². The van der Waals surface area contributed by atoms with Crippen molar-refractivity contribution in [2.24, 2.45) is 5.92 Å². The quantitative estimate of drug-likeness (QED) is 0.921. The highest BCUT2D eigenvalue weighted by Gasteiger charge is 2.26. The predicted octanol–water partition coefficient (Wildman–Crippen LogP) is 1.99. The van der Waals surface area contributed by atoms with Crippen LogP contribution in [0.25, 0.3) is 11.5 Å². The SMILES string of the molecule is CCC1CCNC(c2nc(-c3ccc(OC)nn3)no2)C1. The lowest BCUT2D eigenvalue weighted by atomic mass is 9.90. The van der Waals surface area contributed by atoms with Crippen LogP contribution >= 0.6 is 0 Å². The van der Waals surface area contributed by atoms with E-state index >= 15 is 0 Å². The lowest BCUT2D eigenvalue weighted by Gasteiger charge is -2.27. The maximum Gasteiger partial charge on any atom is 0.244 e. The molecule has 7 heteroatoms. The molecule has 2 atom stereocenters. The van der Waals surface area contributed by atoms with Crippen LogP contribution in [0.15, 0.2) is 16.7 Å². The number of hydrogen-bond acceptors (Lipinski definition) is 7. The van der Waals surface area contributed by atoms with E-state index in [1.165, 1.54) is 12.8 Å². The molecule has 3 rings (SSSR count). The van der Waals surface area contributed by atoms with E-state index in [-0.39, 0.29) is 6.04 Å². The summed E-state index contributed by atoms with van der Waals surface area (Å²) in [6.07, 6.45) is 3.42. The van der Waals surface area contributed by atoms with Crippen molar-refractivity contribution >= 4 is 0 Å². The van der Waals surface area contributed by atoms with Crippen LogP contribution in [0, 0.1) is 5.92 Å². The van der Waals surface area contributed by atoms with Gasteiger partial charge in [-0.2, -0.15) is 4.98 Å². The molecule has 2 aromatic heterocycles. The molecule has 0 aliphatic carbocycles. The van der Waals surface area contributed by atoms with Crippen LogP contribution < -0.4 is 10.1 Å². The molecule has 0 aromatic carbocycles. The van der Waals surface area contributed by atoms with Gasteiger partial charge in [0, 0.05) is 6.07 Å². The van der Waals surface area contributed by atoms with Gasteiger partial charge in [0.15, 0.2) is 0 Å². The number of nitrogens with zero attached hydrogens (tertiary/aromatic N) is 4. The first-order valence-electron chi connectivity index (χ1n) is 7.25. The second-order valence-electron chi connectivity index (χ2n) is 5.22. The molecular weight excluding hydrogens is 270 g/mol. The minimum absolute atomic E-state index is 0.135. The summed E-state index contributed by atoms with van der Waals surface area (Å²) in [5, 5.41) is 15.4. The molecule has 0 spiro atoms. The van der Waals surface area contributed by atoms with Gasteiger partial charge in [0.1, 0.15) is 5.69 Å². The highest BCUT2D eigenvalue weighted by atomic mass is 16.5. The van der Waals surface area contributed by atoms with Crippen molar-refractivity contribution in [1.29, 1.82) is 0 Å². The maximum absolute atomic E-state index is 5.39. The van der Waals surface area contributed by atoms with Crippen LogP contribution in [-0.4, -0.2) is 34.0 Å². The van der Waals surface area contributed by atoms with E-state index in [4.69, 9.17) is 9.26 Å². The van der Waals surface area contributed by atoms with E-state index in [1.54, 1.807) is 19.2 Å². The number of ether oxygens (including phenoxy) is 1. The molecule has 0 saturated carbocycles. The van der Waals surface area contributed by atoms with Gasteiger partial charge in [-0.1, -0.05) is 18.5 Å². The number of aromatic nitrogens is 4. The summed E-state index contributed by atoms with van der Waals surface area (Å²) in [7, 11) is 1.55. The van der Waals surface area contributed by atoms with Crippen LogP contribution in [0.5, 0.6) is 5.88 Å². The van der Waals surface area contributed by atoms with Gasteiger partial charge in [-0.15, -0.1) is 10.2 Å². The first-order chi connectivity index (χ1) is 10.3. The molecular formula is C14H19N5O2. The smallest absolute Gasteiger partial charge is 0.244 e. The van der Waals surface area contributed by atoms with Crippen molar-refractivity contribution in [3.8, 4) is 17.4 Å². The average Bonchev–Trinajstić information content (AvgIpc) is 3.05. The zero-order valence-corrected chi connectivity index (χ0v) is 12.2. The number of rotatable bonds is 4. The molecule has 1 saturated heterocycles. The lowest BCUT2D eigenvalue weighted by molar-refractivity contribution is 0.246. The second kappa shape index (κ2) is 6.17. The van der Waals surface area contributed by atoms with Crippen molar-refractivity contribution in [3.05, 3.63) is 18.0 Å². The third kappa shape index (κ3) is 3.02. The zero-order valence-electron chi connectivity index (χ0n) is 12.2. The average molecular weight is 289 g/mol. The maximum atomic E-state index is 5.39. The standard InChI is InChI=1S/C14H19N5O2/c1-3-9-6-7-15-11(8-9)14-16-13(19-21-14)10-4-5-12(20-2)18-17-10/h4-5,9,11,15H,3,6-8H2,1-2H3. The van der Waals surface area contributed by atoms with Crippen LogP contribution in [0.2, 0.25) is 0 Å². The summed E-state index contributed by atoms with van der Waals surface area (Å²) >= 11 is 0. The lowest BCUT2D eigenvalue weighted by Crippen LogP contribution is -2.31. The van der Waals surface area contributed by atoms with Crippen molar-refractivity contribution in [1.82, 2.24) is 25.7 Å². The van der Waals surface area contributed by atoms with Crippen molar-refractivity contribution < 1.29 is 9.26 Å². The molecule has 0 amide bonds. The minimum Gasteiger partial charge on any atom is -0.480 e. The third-order valence-corrected chi connectivity index (χ3v) is 3.91.